The van der Waals surface area contributed by atoms with Gasteiger partial charge in [-0.05, 0) is 23.8 Å². The summed E-state index contributed by atoms with van der Waals surface area (Å²) in [4.78, 5) is 0. The van der Waals surface area contributed by atoms with Crippen molar-refractivity contribution in [3.63, 3.8) is 0 Å². The Labute approximate surface area is 110 Å². The minimum absolute atomic E-state index is 0.126. The van der Waals surface area contributed by atoms with Gasteiger partial charge in [0.1, 0.15) is 5.75 Å². The molecule has 0 aliphatic rings. The van der Waals surface area contributed by atoms with Crippen LogP contribution in [-0.2, 0) is 0 Å². The zero-order valence-corrected chi connectivity index (χ0v) is 9.71. The highest BCUT2D eigenvalue weighted by atomic mass is 19.4. The van der Waals surface area contributed by atoms with Crippen LogP contribution in [0.25, 0.3) is 11.1 Å². The van der Waals surface area contributed by atoms with Gasteiger partial charge < -0.3 is 9.84 Å². The highest BCUT2D eigenvalue weighted by Crippen LogP contribution is 2.36. The Balaban J connectivity index is 2.53. The SMILES string of the molecule is Oc1cc(-c2ccccc2OC(F)(F)F)cc(F)c1F. The van der Waals surface area contributed by atoms with Gasteiger partial charge in [0.2, 0.25) is 0 Å². The van der Waals surface area contributed by atoms with Crippen molar-refractivity contribution in [3.05, 3.63) is 48.0 Å². The zero-order chi connectivity index (χ0) is 14.9. The molecule has 106 valence electrons. The van der Waals surface area contributed by atoms with Crippen molar-refractivity contribution in [2.75, 3.05) is 0 Å². The second-order valence-electron chi connectivity index (χ2n) is 3.84. The van der Waals surface area contributed by atoms with Gasteiger partial charge in [0.15, 0.2) is 17.4 Å². The van der Waals surface area contributed by atoms with Gasteiger partial charge in [0, 0.05) is 5.56 Å². The van der Waals surface area contributed by atoms with Gasteiger partial charge in [0.05, 0.1) is 0 Å². The lowest BCUT2D eigenvalue weighted by atomic mass is 10.0. The minimum atomic E-state index is -4.92. The molecule has 20 heavy (non-hydrogen) atoms. The van der Waals surface area contributed by atoms with Crippen molar-refractivity contribution in [1.29, 1.82) is 0 Å². The quantitative estimate of drug-likeness (QED) is 0.838. The van der Waals surface area contributed by atoms with Crippen LogP contribution in [0.15, 0.2) is 36.4 Å². The molecule has 7 heteroatoms. The van der Waals surface area contributed by atoms with Crippen LogP contribution in [0.5, 0.6) is 11.5 Å². The molecular formula is C13H7F5O2. The molecule has 0 aromatic heterocycles. The fraction of sp³-hybridized carbons (Fsp3) is 0.0769. The Morgan fingerprint density at radius 2 is 1.65 bits per heavy atom. The second kappa shape index (κ2) is 4.99. The van der Waals surface area contributed by atoms with E-state index in [2.05, 4.69) is 4.74 Å². The van der Waals surface area contributed by atoms with Crippen LogP contribution in [0.2, 0.25) is 0 Å². The molecule has 2 aromatic carbocycles. The maximum absolute atomic E-state index is 13.2. The van der Waals surface area contributed by atoms with Crippen LogP contribution in [-0.4, -0.2) is 11.5 Å². The average Bonchev–Trinajstić information content (AvgIpc) is 2.34. The number of phenols is 1. The van der Waals surface area contributed by atoms with E-state index >= 15 is 0 Å². The minimum Gasteiger partial charge on any atom is -0.505 e. The Morgan fingerprint density at radius 3 is 2.25 bits per heavy atom. The molecule has 0 bridgehead atoms. The van der Waals surface area contributed by atoms with Crippen molar-refractivity contribution < 1.29 is 31.8 Å². The largest absolute Gasteiger partial charge is 0.573 e. The molecule has 2 aromatic rings. The molecule has 2 rings (SSSR count). The maximum Gasteiger partial charge on any atom is 0.573 e. The summed E-state index contributed by atoms with van der Waals surface area (Å²) in [5, 5.41) is 9.19. The number of rotatable bonds is 2. The molecular weight excluding hydrogens is 283 g/mol. The molecule has 0 spiro atoms. The molecule has 0 aliphatic heterocycles. The van der Waals surface area contributed by atoms with Crippen LogP contribution >= 0.6 is 0 Å². The standard InChI is InChI=1S/C13H7F5O2/c14-9-5-7(6-10(19)12(9)15)8-3-1-2-4-11(8)20-13(16,17)18/h1-6,19H. The Bertz CT molecular complexity index is 614. The lowest BCUT2D eigenvalue weighted by Gasteiger charge is -2.13. The number of hydrogen-bond donors (Lipinski definition) is 1. The van der Waals surface area contributed by atoms with Crippen molar-refractivity contribution in [1.82, 2.24) is 0 Å². The van der Waals surface area contributed by atoms with Crippen LogP contribution in [0, 0.1) is 11.6 Å². The van der Waals surface area contributed by atoms with E-state index in [1.54, 1.807) is 0 Å². The fourth-order valence-corrected chi connectivity index (χ4v) is 1.65. The topological polar surface area (TPSA) is 29.5 Å². The molecule has 0 aliphatic carbocycles. The normalized spacial score (nSPS) is 11.4. The first kappa shape index (κ1) is 14.1. The molecule has 0 saturated heterocycles. The number of alkyl halides is 3. The summed E-state index contributed by atoms with van der Waals surface area (Å²) >= 11 is 0. The highest BCUT2D eigenvalue weighted by Gasteiger charge is 2.32. The Hall–Kier alpha value is -2.31. The van der Waals surface area contributed by atoms with Gasteiger partial charge in [-0.3, -0.25) is 0 Å². The first-order valence-corrected chi connectivity index (χ1v) is 5.31. The predicted octanol–water partition coefficient (Wildman–Crippen LogP) is 4.24. The summed E-state index contributed by atoms with van der Waals surface area (Å²) < 4.78 is 66.7. The van der Waals surface area contributed by atoms with E-state index in [-0.39, 0.29) is 11.1 Å². The first-order valence-electron chi connectivity index (χ1n) is 5.31. The molecule has 0 heterocycles. The third-order valence-electron chi connectivity index (χ3n) is 2.43. The fourth-order valence-electron chi connectivity index (χ4n) is 1.65. The third kappa shape index (κ3) is 2.98. The maximum atomic E-state index is 13.2. The molecule has 0 amide bonds. The van der Waals surface area contributed by atoms with Crippen molar-refractivity contribution in [3.8, 4) is 22.6 Å². The lowest BCUT2D eigenvalue weighted by Crippen LogP contribution is -2.17. The molecule has 0 radical (unpaired) electrons. The van der Waals surface area contributed by atoms with Crippen LogP contribution in [0.3, 0.4) is 0 Å². The van der Waals surface area contributed by atoms with E-state index in [1.165, 1.54) is 18.2 Å². The average molecular weight is 290 g/mol. The van der Waals surface area contributed by atoms with E-state index in [1.807, 2.05) is 0 Å². The van der Waals surface area contributed by atoms with Gasteiger partial charge >= 0.3 is 6.36 Å². The molecule has 0 unspecified atom stereocenters. The second-order valence-corrected chi connectivity index (χ2v) is 3.84. The summed E-state index contributed by atoms with van der Waals surface area (Å²) in [6.45, 7) is 0. The number of ether oxygens (including phenoxy) is 1. The predicted molar refractivity (Wildman–Crippen MR) is 60.1 cm³/mol. The van der Waals surface area contributed by atoms with Gasteiger partial charge in [0.25, 0.3) is 0 Å². The lowest BCUT2D eigenvalue weighted by molar-refractivity contribution is -0.274. The van der Waals surface area contributed by atoms with Crippen molar-refractivity contribution >= 4 is 0 Å². The van der Waals surface area contributed by atoms with Crippen LogP contribution in [0.1, 0.15) is 0 Å². The van der Waals surface area contributed by atoms with Crippen molar-refractivity contribution in [2.45, 2.75) is 6.36 Å². The monoisotopic (exact) mass is 290 g/mol. The summed E-state index contributed by atoms with van der Waals surface area (Å²) in [5.74, 6) is -4.42. The molecule has 2 nitrogen and oxygen atoms in total. The van der Waals surface area contributed by atoms with Gasteiger partial charge in [-0.1, -0.05) is 18.2 Å². The smallest absolute Gasteiger partial charge is 0.505 e. The Morgan fingerprint density at radius 1 is 1.00 bits per heavy atom. The molecule has 0 saturated carbocycles. The van der Waals surface area contributed by atoms with Crippen LogP contribution < -0.4 is 4.74 Å². The summed E-state index contributed by atoms with van der Waals surface area (Å²) in [6, 6.07) is 6.44. The molecule has 1 N–H and O–H groups in total. The number of hydrogen-bond acceptors (Lipinski definition) is 2. The van der Waals surface area contributed by atoms with Gasteiger partial charge in [-0.15, -0.1) is 13.2 Å². The summed E-state index contributed by atoms with van der Waals surface area (Å²) in [5.41, 5.74) is -0.264. The number of phenolic OH excluding ortho intramolecular Hbond substituents is 1. The van der Waals surface area contributed by atoms with E-state index in [0.29, 0.717) is 6.07 Å². The third-order valence-corrected chi connectivity index (χ3v) is 2.43. The number of aromatic hydroxyl groups is 1. The van der Waals surface area contributed by atoms with Crippen molar-refractivity contribution in [2.24, 2.45) is 0 Å². The van der Waals surface area contributed by atoms with Gasteiger partial charge in [-0.2, -0.15) is 4.39 Å². The Kier molecular flexibility index (Phi) is 3.52. The summed E-state index contributed by atoms with van der Waals surface area (Å²) in [6.07, 6.45) is -4.92. The number of para-hydroxylation sites is 1. The number of benzene rings is 2. The van der Waals surface area contributed by atoms with E-state index in [0.717, 1.165) is 12.1 Å². The highest BCUT2D eigenvalue weighted by molar-refractivity contribution is 5.71. The van der Waals surface area contributed by atoms with E-state index < -0.39 is 29.5 Å². The number of halogens is 5. The van der Waals surface area contributed by atoms with Gasteiger partial charge in [-0.25, -0.2) is 4.39 Å². The van der Waals surface area contributed by atoms with E-state index in [4.69, 9.17) is 0 Å². The summed E-state index contributed by atoms with van der Waals surface area (Å²) in [7, 11) is 0. The zero-order valence-electron chi connectivity index (χ0n) is 9.71. The molecule has 0 atom stereocenters. The molecule has 0 fully saturated rings. The van der Waals surface area contributed by atoms with Crippen LogP contribution in [0.4, 0.5) is 22.0 Å². The van der Waals surface area contributed by atoms with E-state index in [9.17, 15) is 27.1 Å². The first-order chi connectivity index (χ1) is 9.28.